The molecule has 26 heavy (non-hydrogen) atoms. The summed E-state index contributed by atoms with van der Waals surface area (Å²) in [4.78, 5) is 14.9. The molecule has 132 valence electrons. The topological polar surface area (TPSA) is 32.3 Å². The molecule has 3 aromatic carbocycles. The van der Waals surface area contributed by atoms with E-state index >= 15 is 0 Å². The second-order valence-electron chi connectivity index (χ2n) is 6.73. The van der Waals surface area contributed by atoms with Crippen molar-refractivity contribution in [3.8, 4) is 0 Å². The van der Waals surface area contributed by atoms with E-state index in [1.807, 2.05) is 60.7 Å². The number of piperidine rings is 1. The second kappa shape index (κ2) is 7.38. The number of nitrogens with one attached hydrogen (secondary N) is 1. The summed E-state index contributed by atoms with van der Waals surface area (Å²) in [6.45, 7) is 2.09. The fourth-order valence-electron chi connectivity index (χ4n) is 3.51. The van der Waals surface area contributed by atoms with Crippen LogP contribution in [0.3, 0.4) is 0 Å². The molecule has 0 atom stereocenters. The van der Waals surface area contributed by atoms with Gasteiger partial charge in [-0.15, -0.1) is 0 Å². The Morgan fingerprint density at radius 2 is 1.65 bits per heavy atom. The number of halogens is 1. The molecule has 0 aliphatic carbocycles. The van der Waals surface area contributed by atoms with Gasteiger partial charge < -0.3 is 10.2 Å². The first kappa shape index (κ1) is 16.9. The summed E-state index contributed by atoms with van der Waals surface area (Å²) in [5.74, 6) is -0.127. The van der Waals surface area contributed by atoms with Gasteiger partial charge in [-0.05, 0) is 60.4 Å². The lowest BCUT2D eigenvalue weighted by Gasteiger charge is -2.29. The van der Waals surface area contributed by atoms with Crippen molar-refractivity contribution in [2.24, 2.45) is 0 Å². The Morgan fingerprint density at radius 1 is 0.885 bits per heavy atom. The summed E-state index contributed by atoms with van der Waals surface area (Å²) in [7, 11) is 0. The smallest absolute Gasteiger partial charge is 0.255 e. The number of anilines is 2. The Morgan fingerprint density at radius 3 is 2.42 bits per heavy atom. The molecule has 4 heteroatoms. The van der Waals surface area contributed by atoms with Gasteiger partial charge in [0.25, 0.3) is 5.91 Å². The first-order valence-corrected chi connectivity index (χ1v) is 9.43. The maximum absolute atomic E-state index is 12.6. The monoisotopic (exact) mass is 364 g/mol. The van der Waals surface area contributed by atoms with E-state index in [4.69, 9.17) is 11.6 Å². The zero-order chi connectivity index (χ0) is 17.9. The standard InChI is InChI=1S/C22H21ClN2O/c23-20-15-19(10-11-21(20)25-12-4-1-5-13-25)24-22(26)18-9-8-16-6-2-3-7-17(16)14-18/h2-3,6-11,14-15H,1,4-5,12-13H2,(H,24,26). The zero-order valence-electron chi connectivity index (χ0n) is 14.5. The third kappa shape index (κ3) is 3.54. The fraction of sp³-hybridized carbons (Fsp3) is 0.227. The van der Waals surface area contributed by atoms with Crippen LogP contribution in [0.15, 0.2) is 60.7 Å². The van der Waals surface area contributed by atoms with Gasteiger partial charge in [-0.3, -0.25) is 4.79 Å². The van der Waals surface area contributed by atoms with E-state index in [0.717, 1.165) is 29.5 Å². The van der Waals surface area contributed by atoms with Gasteiger partial charge >= 0.3 is 0 Å². The lowest BCUT2D eigenvalue weighted by molar-refractivity contribution is 0.102. The third-order valence-electron chi connectivity index (χ3n) is 4.91. The van der Waals surface area contributed by atoms with Gasteiger partial charge in [-0.25, -0.2) is 0 Å². The number of hydrogen-bond donors (Lipinski definition) is 1. The van der Waals surface area contributed by atoms with Crippen LogP contribution in [0.1, 0.15) is 29.6 Å². The van der Waals surface area contributed by atoms with E-state index in [-0.39, 0.29) is 5.91 Å². The summed E-state index contributed by atoms with van der Waals surface area (Å²) in [6.07, 6.45) is 3.70. The van der Waals surface area contributed by atoms with Crippen molar-refractivity contribution in [2.45, 2.75) is 19.3 Å². The second-order valence-corrected chi connectivity index (χ2v) is 7.14. The molecule has 1 heterocycles. The van der Waals surface area contributed by atoms with Gasteiger partial charge in [0, 0.05) is 24.3 Å². The van der Waals surface area contributed by atoms with Crippen LogP contribution in [0.25, 0.3) is 10.8 Å². The minimum absolute atomic E-state index is 0.127. The lowest BCUT2D eigenvalue weighted by atomic mass is 10.1. The van der Waals surface area contributed by atoms with Gasteiger partial charge in [0.05, 0.1) is 10.7 Å². The number of fused-ring (bicyclic) bond motifs is 1. The number of carbonyl (C=O) groups excluding carboxylic acids is 1. The molecule has 4 rings (SSSR count). The Hall–Kier alpha value is -2.52. The SMILES string of the molecule is O=C(Nc1ccc(N2CCCCC2)c(Cl)c1)c1ccc2ccccc2c1. The molecular weight excluding hydrogens is 344 g/mol. The number of carbonyl (C=O) groups is 1. The zero-order valence-corrected chi connectivity index (χ0v) is 15.3. The summed E-state index contributed by atoms with van der Waals surface area (Å²) in [5, 5.41) is 5.81. The third-order valence-corrected chi connectivity index (χ3v) is 5.22. The van der Waals surface area contributed by atoms with E-state index < -0.39 is 0 Å². The molecule has 3 nitrogen and oxygen atoms in total. The molecule has 0 radical (unpaired) electrons. The van der Waals surface area contributed by atoms with Crippen LogP contribution in [0.4, 0.5) is 11.4 Å². The maximum atomic E-state index is 12.6. The van der Waals surface area contributed by atoms with Crippen LogP contribution in [0.5, 0.6) is 0 Å². The highest BCUT2D eigenvalue weighted by atomic mass is 35.5. The van der Waals surface area contributed by atoms with Gasteiger partial charge in [0.15, 0.2) is 0 Å². The highest BCUT2D eigenvalue weighted by Gasteiger charge is 2.15. The van der Waals surface area contributed by atoms with Crippen molar-refractivity contribution in [1.29, 1.82) is 0 Å². The van der Waals surface area contributed by atoms with Crippen molar-refractivity contribution in [1.82, 2.24) is 0 Å². The van der Waals surface area contributed by atoms with Gasteiger partial charge in [0.2, 0.25) is 0 Å². The van der Waals surface area contributed by atoms with E-state index in [0.29, 0.717) is 16.3 Å². The van der Waals surface area contributed by atoms with E-state index in [9.17, 15) is 4.79 Å². The average molecular weight is 365 g/mol. The summed E-state index contributed by atoms with van der Waals surface area (Å²) in [5.41, 5.74) is 2.41. The summed E-state index contributed by atoms with van der Waals surface area (Å²) < 4.78 is 0. The number of amides is 1. The Balaban J connectivity index is 1.52. The molecule has 0 aromatic heterocycles. The van der Waals surface area contributed by atoms with E-state index in [1.54, 1.807) is 0 Å². The van der Waals surface area contributed by atoms with Crippen molar-refractivity contribution < 1.29 is 4.79 Å². The minimum atomic E-state index is -0.127. The van der Waals surface area contributed by atoms with Gasteiger partial charge in [-0.1, -0.05) is 41.9 Å². The van der Waals surface area contributed by atoms with Gasteiger partial charge in [0.1, 0.15) is 0 Å². The molecule has 0 bridgehead atoms. The van der Waals surface area contributed by atoms with Crippen LogP contribution in [-0.4, -0.2) is 19.0 Å². The number of hydrogen-bond acceptors (Lipinski definition) is 2. The molecule has 0 spiro atoms. The highest BCUT2D eigenvalue weighted by Crippen LogP contribution is 2.31. The maximum Gasteiger partial charge on any atom is 0.255 e. The Kier molecular flexibility index (Phi) is 4.81. The van der Waals surface area contributed by atoms with Crippen molar-refractivity contribution in [2.75, 3.05) is 23.3 Å². The Labute approximate surface area is 158 Å². The van der Waals surface area contributed by atoms with Crippen LogP contribution in [-0.2, 0) is 0 Å². The molecule has 1 aliphatic heterocycles. The summed E-state index contributed by atoms with van der Waals surface area (Å²) in [6, 6.07) is 19.5. The van der Waals surface area contributed by atoms with E-state index in [2.05, 4.69) is 10.2 Å². The predicted octanol–water partition coefficient (Wildman–Crippen LogP) is 5.74. The molecule has 1 fully saturated rings. The van der Waals surface area contributed by atoms with Crippen molar-refractivity contribution in [3.63, 3.8) is 0 Å². The normalized spacial score (nSPS) is 14.4. The molecular formula is C22H21ClN2O. The van der Waals surface area contributed by atoms with Crippen LogP contribution >= 0.6 is 11.6 Å². The van der Waals surface area contributed by atoms with Gasteiger partial charge in [-0.2, -0.15) is 0 Å². The quantitative estimate of drug-likeness (QED) is 0.643. The lowest BCUT2D eigenvalue weighted by Crippen LogP contribution is -2.29. The van der Waals surface area contributed by atoms with Crippen LogP contribution in [0, 0.1) is 0 Å². The van der Waals surface area contributed by atoms with Crippen molar-refractivity contribution >= 4 is 39.7 Å². The van der Waals surface area contributed by atoms with Crippen LogP contribution < -0.4 is 10.2 Å². The molecule has 1 amide bonds. The largest absolute Gasteiger partial charge is 0.370 e. The average Bonchev–Trinajstić information content (AvgIpc) is 2.68. The molecule has 0 unspecified atom stereocenters. The van der Waals surface area contributed by atoms with E-state index in [1.165, 1.54) is 19.3 Å². The first-order chi connectivity index (χ1) is 12.7. The highest BCUT2D eigenvalue weighted by molar-refractivity contribution is 6.33. The predicted molar refractivity (Wildman–Crippen MR) is 109 cm³/mol. The number of nitrogens with zero attached hydrogens (tertiary/aromatic N) is 1. The Bertz CT molecular complexity index is 948. The van der Waals surface area contributed by atoms with Crippen molar-refractivity contribution in [3.05, 3.63) is 71.2 Å². The fourth-order valence-corrected chi connectivity index (χ4v) is 3.81. The first-order valence-electron chi connectivity index (χ1n) is 9.05. The number of benzene rings is 3. The molecule has 1 saturated heterocycles. The number of rotatable bonds is 3. The summed E-state index contributed by atoms with van der Waals surface area (Å²) >= 11 is 6.48. The molecule has 3 aromatic rings. The molecule has 0 saturated carbocycles. The molecule has 1 N–H and O–H groups in total. The minimum Gasteiger partial charge on any atom is -0.370 e. The van der Waals surface area contributed by atoms with Crippen LogP contribution in [0.2, 0.25) is 5.02 Å². The molecule has 1 aliphatic rings.